The maximum Gasteiger partial charge on any atom is 0.410 e. The molecule has 238 valence electrons. The number of cyclic esters (lactones) is 1. The smallest absolute Gasteiger partial charge is 0.410 e. The molecule has 3 heterocycles. The van der Waals surface area contributed by atoms with Crippen molar-refractivity contribution in [1.82, 2.24) is 14.8 Å². The summed E-state index contributed by atoms with van der Waals surface area (Å²) >= 11 is 0. The van der Waals surface area contributed by atoms with Crippen molar-refractivity contribution in [3.8, 4) is 0 Å². The van der Waals surface area contributed by atoms with Crippen LogP contribution in [0.5, 0.6) is 0 Å². The van der Waals surface area contributed by atoms with Crippen LogP contribution in [0.1, 0.15) is 72.4 Å². The Morgan fingerprint density at radius 3 is 2.56 bits per heavy atom. The van der Waals surface area contributed by atoms with Gasteiger partial charge >= 0.3 is 12.1 Å². The van der Waals surface area contributed by atoms with Crippen LogP contribution in [-0.2, 0) is 14.3 Å². The average molecular weight is 599 g/mol. The minimum atomic E-state index is -1.48. The predicted octanol–water partition coefficient (Wildman–Crippen LogP) is 3.91. The highest BCUT2D eigenvalue weighted by molar-refractivity contribution is 5.70. The lowest BCUT2D eigenvalue weighted by Crippen LogP contribution is -2.55. The maximum atomic E-state index is 13.2. The zero-order chi connectivity index (χ0) is 31.8. The number of nitrogens with two attached hydrogens (primary N) is 1. The van der Waals surface area contributed by atoms with Crippen LogP contribution in [0.3, 0.4) is 0 Å². The molecule has 0 spiro atoms. The van der Waals surface area contributed by atoms with E-state index >= 15 is 0 Å². The molecule has 1 saturated heterocycles. The predicted molar refractivity (Wildman–Crippen MR) is 166 cm³/mol. The number of esters is 1. The van der Waals surface area contributed by atoms with Crippen LogP contribution in [0, 0.1) is 5.92 Å². The molecule has 0 saturated carbocycles. The van der Waals surface area contributed by atoms with E-state index in [2.05, 4.69) is 30.7 Å². The number of aliphatic hydroxyl groups excluding tert-OH is 1. The molecule has 0 aromatic carbocycles. The van der Waals surface area contributed by atoms with E-state index in [0.29, 0.717) is 18.8 Å². The lowest BCUT2D eigenvalue weighted by molar-refractivity contribution is -0.151. The van der Waals surface area contributed by atoms with Gasteiger partial charge in [0.15, 0.2) is 6.10 Å². The van der Waals surface area contributed by atoms with Gasteiger partial charge in [-0.1, -0.05) is 38.1 Å². The van der Waals surface area contributed by atoms with Gasteiger partial charge in [-0.2, -0.15) is 0 Å². The van der Waals surface area contributed by atoms with Crippen LogP contribution >= 0.6 is 0 Å². The van der Waals surface area contributed by atoms with E-state index in [1.807, 2.05) is 38.1 Å². The van der Waals surface area contributed by atoms with Crippen molar-refractivity contribution in [2.45, 2.75) is 96.2 Å². The first-order valence-corrected chi connectivity index (χ1v) is 15.2. The van der Waals surface area contributed by atoms with Crippen molar-refractivity contribution in [3.05, 3.63) is 66.2 Å². The van der Waals surface area contributed by atoms with Gasteiger partial charge in [0.2, 0.25) is 0 Å². The Labute approximate surface area is 256 Å². The van der Waals surface area contributed by atoms with Gasteiger partial charge in [-0.25, -0.2) is 4.79 Å². The molecule has 43 heavy (non-hydrogen) atoms. The van der Waals surface area contributed by atoms with Crippen molar-refractivity contribution in [3.63, 3.8) is 0 Å². The third-order valence-corrected chi connectivity index (χ3v) is 8.21. The quantitative estimate of drug-likeness (QED) is 0.262. The molecule has 10 nitrogen and oxygen atoms in total. The van der Waals surface area contributed by atoms with Crippen LogP contribution in [0.2, 0.25) is 0 Å². The van der Waals surface area contributed by atoms with Crippen molar-refractivity contribution in [2.75, 3.05) is 26.2 Å². The number of carbonyl (C=O) groups is 2. The number of pyridine rings is 1. The molecule has 6 atom stereocenters. The number of piperazine rings is 1. The number of hydrogen-bond donors (Lipinski definition) is 3. The van der Waals surface area contributed by atoms with E-state index < -0.39 is 41.9 Å². The fraction of sp³-hybridized carbons (Fsp3) is 0.606. The fourth-order valence-corrected chi connectivity index (χ4v) is 5.23. The van der Waals surface area contributed by atoms with E-state index in [1.165, 1.54) is 0 Å². The highest BCUT2D eigenvalue weighted by Crippen LogP contribution is 2.27. The summed E-state index contributed by atoms with van der Waals surface area (Å²) in [5.74, 6) is -0.964. The summed E-state index contributed by atoms with van der Waals surface area (Å²) in [5.41, 5.74) is 6.18. The number of aromatic nitrogens is 1. The molecule has 0 aliphatic carbocycles. The van der Waals surface area contributed by atoms with E-state index in [0.717, 1.165) is 18.8 Å². The lowest BCUT2D eigenvalue weighted by Gasteiger charge is -2.42. The highest BCUT2D eigenvalue weighted by atomic mass is 16.6. The number of ether oxygens (including phenoxy) is 2. The van der Waals surface area contributed by atoms with Crippen LogP contribution in [0.4, 0.5) is 4.79 Å². The molecule has 2 aliphatic heterocycles. The van der Waals surface area contributed by atoms with Gasteiger partial charge in [0.1, 0.15) is 11.7 Å². The van der Waals surface area contributed by atoms with Crippen LogP contribution in [0.25, 0.3) is 0 Å². The minimum absolute atomic E-state index is 0.0102. The van der Waals surface area contributed by atoms with Gasteiger partial charge in [0, 0.05) is 55.4 Å². The van der Waals surface area contributed by atoms with E-state index in [9.17, 15) is 19.8 Å². The number of carbonyl (C=O) groups excluding carboxylic acids is 2. The second kappa shape index (κ2) is 15.0. The van der Waals surface area contributed by atoms with Crippen molar-refractivity contribution >= 4 is 12.1 Å². The highest BCUT2D eigenvalue weighted by Gasteiger charge is 2.37. The Bertz CT molecular complexity index is 1150. The molecule has 0 radical (unpaired) electrons. The largest absolute Gasteiger partial charge is 0.455 e. The van der Waals surface area contributed by atoms with Crippen LogP contribution < -0.4 is 5.73 Å². The Morgan fingerprint density at radius 1 is 1.23 bits per heavy atom. The van der Waals surface area contributed by atoms with Crippen molar-refractivity contribution < 1.29 is 29.3 Å². The SMILES string of the molecule is C[C@H](/C=C/C=C(\N)[C@H]1OC(=O)C[C@H](O)CC[C@@](C)(O)[C@@H](OC(=O)N2CCN(C(C)(C)C)CC2)/C=C/[C@@H]1C)c1ccccn1. The van der Waals surface area contributed by atoms with Crippen LogP contribution in [0.15, 0.2) is 60.5 Å². The Hall–Kier alpha value is -3.21. The molecule has 4 N–H and O–H groups in total. The summed E-state index contributed by atoms with van der Waals surface area (Å²) in [5, 5.41) is 21.9. The topological polar surface area (TPSA) is 138 Å². The first kappa shape index (κ1) is 34.3. The molecule has 1 aromatic rings. The molecule has 10 heteroatoms. The average Bonchev–Trinajstić information content (AvgIpc) is 2.96. The second-order valence-corrected chi connectivity index (χ2v) is 13.0. The normalized spacial score (nSPS) is 30.2. The van der Waals surface area contributed by atoms with Crippen molar-refractivity contribution in [1.29, 1.82) is 0 Å². The third kappa shape index (κ3) is 10.2. The number of hydrogen-bond acceptors (Lipinski definition) is 9. The Kier molecular flexibility index (Phi) is 12.0. The molecule has 1 aromatic heterocycles. The number of nitrogens with zero attached hydrogens (tertiary/aromatic N) is 3. The number of amides is 1. The minimum Gasteiger partial charge on any atom is -0.455 e. The molecule has 0 unspecified atom stereocenters. The number of rotatable bonds is 5. The zero-order valence-electron chi connectivity index (χ0n) is 26.5. The van der Waals surface area contributed by atoms with Gasteiger partial charge in [-0.05, 0) is 64.8 Å². The summed E-state index contributed by atoms with van der Waals surface area (Å²) in [4.78, 5) is 34.3. The number of allylic oxidation sites excluding steroid dienone is 3. The van der Waals surface area contributed by atoms with Crippen LogP contribution in [-0.4, -0.2) is 92.7 Å². The Balaban J connectivity index is 1.79. The molecule has 2 aliphatic rings. The summed E-state index contributed by atoms with van der Waals surface area (Å²) in [6.07, 6.45) is 7.19. The molecular formula is C33H50N4O6. The summed E-state index contributed by atoms with van der Waals surface area (Å²) in [6, 6.07) is 5.73. The third-order valence-electron chi connectivity index (χ3n) is 8.21. The zero-order valence-corrected chi connectivity index (χ0v) is 26.5. The van der Waals surface area contributed by atoms with Crippen molar-refractivity contribution in [2.24, 2.45) is 11.7 Å². The first-order valence-electron chi connectivity index (χ1n) is 15.2. The monoisotopic (exact) mass is 598 g/mol. The van der Waals surface area contributed by atoms with Gasteiger partial charge < -0.3 is 30.3 Å². The molecule has 0 bridgehead atoms. The number of aliphatic hydroxyl groups is 2. The second-order valence-electron chi connectivity index (χ2n) is 13.0. The maximum absolute atomic E-state index is 13.2. The van der Waals surface area contributed by atoms with Gasteiger partial charge in [0.25, 0.3) is 0 Å². The molecule has 3 rings (SSSR count). The van der Waals surface area contributed by atoms with E-state index in [1.54, 1.807) is 42.3 Å². The first-order chi connectivity index (χ1) is 20.2. The van der Waals surface area contributed by atoms with Gasteiger partial charge in [0.05, 0.1) is 18.2 Å². The summed E-state index contributed by atoms with van der Waals surface area (Å²) in [6.45, 7) is 14.4. The van der Waals surface area contributed by atoms with Gasteiger partial charge in [-0.3, -0.25) is 14.7 Å². The standard InChI is InChI=1S/C33H50N4O6/c1-23(27-12-7-8-17-35-27)10-9-11-26(34)30-24(2)13-14-28(33(6,41)16-15-25(38)22-29(39)43-30)42-31(40)36-18-20-37(21-19-36)32(3,4)5/h7-14,17,23-25,28,30,38,41H,15-16,18-22,34H2,1-6H3/b10-9+,14-13+,26-11-/t23-,24+,25-,28+,30+,33-/m1/s1. The molecule has 1 fully saturated rings. The summed E-state index contributed by atoms with van der Waals surface area (Å²) in [7, 11) is 0. The van der Waals surface area contributed by atoms with Gasteiger partial charge in [-0.15, -0.1) is 0 Å². The lowest BCUT2D eigenvalue weighted by atomic mass is 9.89. The fourth-order valence-electron chi connectivity index (χ4n) is 5.23. The molecular weight excluding hydrogens is 548 g/mol. The van der Waals surface area contributed by atoms with E-state index in [4.69, 9.17) is 15.2 Å². The molecule has 1 amide bonds. The summed E-state index contributed by atoms with van der Waals surface area (Å²) < 4.78 is 11.6. The Morgan fingerprint density at radius 2 is 1.93 bits per heavy atom. The van der Waals surface area contributed by atoms with E-state index in [-0.39, 0.29) is 30.7 Å².